The van der Waals surface area contributed by atoms with Crippen LogP contribution in [0.15, 0.2) is 23.8 Å². The molecule has 0 bridgehead atoms. The van der Waals surface area contributed by atoms with Crippen LogP contribution in [-0.2, 0) is 23.8 Å². The largest absolute Gasteiger partial charge is 0.509 e. The quantitative estimate of drug-likeness (QED) is 0.509. The van der Waals surface area contributed by atoms with Gasteiger partial charge >= 0.3 is 12.1 Å². The predicted octanol–water partition coefficient (Wildman–Crippen LogP) is 4.86. The van der Waals surface area contributed by atoms with E-state index in [2.05, 4.69) is 0 Å². The second kappa shape index (κ2) is 9.10. The number of aliphatic hydroxyl groups is 1. The lowest BCUT2D eigenvalue weighted by molar-refractivity contribution is -0.235. The summed E-state index contributed by atoms with van der Waals surface area (Å²) in [5, 5.41) is 11.5. The van der Waals surface area contributed by atoms with Crippen LogP contribution >= 0.6 is 0 Å². The van der Waals surface area contributed by atoms with E-state index in [4.69, 9.17) is 14.2 Å². The number of hydrogen-bond donors (Lipinski definition) is 1. The Bertz CT molecular complexity index is 1090. The maximum Gasteiger partial charge on any atom is 0.509 e. The number of allylic oxidation sites excluding steroid dienone is 4. The van der Waals surface area contributed by atoms with Crippen molar-refractivity contribution >= 4 is 17.9 Å². The number of carbonyl (C=O) groups is 3. The second-order valence-electron chi connectivity index (χ2n) is 12.1. The van der Waals surface area contributed by atoms with E-state index in [0.29, 0.717) is 12.8 Å². The highest BCUT2D eigenvalue weighted by Crippen LogP contribution is 2.71. The van der Waals surface area contributed by atoms with Gasteiger partial charge in [-0.05, 0) is 75.5 Å². The van der Waals surface area contributed by atoms with Gasteiger partial charge in [0.15, 0.2) is 11.5 Å². The van der Waals surface area contributed by atoms with Gasteiger partial charge in [0.2, 0.25) is 12.5 Å². The monoisotopic (exact) mass is 540 g/mol. The maximum atomic E-state index is 17.4. The van der Waals surface area contributed by atoms with Crippen molar-refractivity contribution in [2.45, 2.75) is 95.4 Å². The Labute approximate surface area is 219 Å². The minimum Gasteiger partial charge on any atom is -0.431 e. The van der Waals surface area contributed by atoms with Crippen LogP contribution < -0.4 is 0 Å². The SMILES string of the molecule is C[C@@H]1C[C@H]2[C@@H]3C[C@H](F)C4=CC(=O)C=C[C@]4(C)[C@@]3(F)[C@@H](O)C[C@]2(C)[C@@]1(OC(=O)OC1CCCC1)C(=O)OCF. The van der Waals surface area contributed by atoms with E-state index >= 15 is 8.78 Å². The highest BCUT2D eigenvalue weighted by molar-refractivity contribution is 6.01. The summed E-state index contributed by atoms with van der Waals surface area (Å²) in [6.07, 6.45) is 1.31. The van der Waals surface area contributed by atoms with Crippen molar-refractivity contribution in [1.29, 1.82) is 0 Å². The minimum absolute atomic E-state index is 0.0167. The molecule has 210 valence electrons. The third-order valence-corrected chi connectivity index (χ3v) is 10.5. The highest BCUT2D eigenvalue weighted by atomic mass is 19.1. The molecule has 0 saturated heterocycles. The van der Waals surface area contributed by atoms with Crippen molar-refractivity contribution < 1.29 is 46.9 Å². The molecule has 10 heteroatoms. The lowest BCUT2D eigenvalue weighted by atomic mass is 9.44. The Hall–Kier alpha value is -2.36. The van der Waals surface area contributed by atoms with Gasteiger partial charge in [0.05, 0.1) is 6.10 Å². The number of halogens is 3. The first kappa shape index (κ1) is 27.2. The molecule has 0 aromatic heterocycles. The standard InChI is InChI=1S/C28H35F3O7/c1-15-10-18-19-12-21(30)20-11-16(32)8-9-25(20,2)27(19,31)22(33)13-26(18,3)28(15,23(34)36-14-29)38-24(35)37-17-6-4-5-7-17/h8-9,11,15,17-19,21-22,33H,4-7,10,12-14H2,1-3H3/t15-,18+,19+,21+,22+,25+,26+,27+,28+/m1/s1. The molecule has 0 spiro atoms. The fourth-order valence-electron chi connectivity index (χ4n) is 8.67. The molecule has 38 heavy (non-hydrogen) atoms. The second-order valence-corrected chi connectivity index (χ2v) is 12.1. The molecule has 4 saturated carbocycles. The van der Waals surface area contributed by atoms with Crippen LogP contribution in [-0.4, -0.2) is 59.5 Å². The van der Waals surface area contributed by atoms with Gasteiger partial charge in [-0.2, -0.15) is 0 Å². The Morgan fingerprint density at radius 3 is 2.50 bits per heavy atom. The molecule has 1 N–H and O–H groups in total. The molecule has 0 aliphatic heterocycles. The summed E-state index contributed by atoms with van der Waals surface area (Å²) in [7, 11) is 0. The van der Waals surface area contributed by atoms with Crippen molar-refractivity contribution in [3.63, 3.8) is 0 Å². The molecular weight excluding hydrogens is 505 g/mol. The van der Waals surface area contributed by atoms with Crippen LogP contribution in [0.5, 0.6) is 0 Å². The van der Waals surface area contributed by atoms with Crippen LogP contribution in [0.3, 0.4) is 0 Å². The Morgan fingerprint density at radius 2 is 1.84 bits per heavy atom. The zero-order valence-electron chi connectivity index (χ0n) is 21.9. The van der Waals surface area contributed by atoms with Crippen LogP contribution in [0, 0.1) is 28.6 Å². The van der Waals surface area contributed by atoms with E-state index < -0.39 is 76.9 Å². The Balaban J connectivity index is 1.57. The Morgan fingerprint density at radius 1 is 1.16 bits per heavy atom. The van der Waals surface area contributed by atoms with Gasteiger partial charge in [-0.1, -0.05) is 19.9 Å². The number of alkyl halides is 3. The van der Waals surface area contributed by atoms with Crippen molar-refractivity contribution in [3.8, 4) is 0 Å². The van der Waals surface area contributed by atoms with Gasteiger partial charge in [-0.25, -0.2) is 22.8 Å². The number of ether oxygens (including phenoxy) is 3. The van der Waals surface area contributed by atoms with Crippen molar-refractivity contribution in [2.24, 2.45) is 28.6 Å². The molecule has 5 aliphatic carbocycles. The normalized spacial score (nSPS) is 46.0. The van der Waals surface area contributed by atoms with Crippen molar-refractivity contribution in [2.75, 3.05) is 6.86 Å². The summed E-state index contributed by atoms with van der Waals surface area (Å²) in [4.78, 5) is 38.5. The van der Waals surface area contributed by atoms with Crippen molar-refractivity contribution in [1.82, 2.24) is 0 Å². The van der Waals surface area contributed by atoms with E-state index in [-0.39, 0.29) is 30.9 Å². The molecule has 9 atom stereocenters. The fraction of sp³-hybridized carbons (Fsp3) is 0.750. The number of carbonyl (C=O) groups excluding carboxylic acids is 3. The number of esters is 1. The number of rotatable bonds is 4. The van der Waals surface area contributed by atoms with E-state index in [1.165, 1.54) is 19.1 Å². The summed E-state index contributed by atoms with van der Waals surface area (Å²) in [6.45, 7) is 3.23. The molecular formula is C28H35F3O7. The molecule has 0 aromatic rings. The number of ketones is 1. The first-order valence-corrected chi connectivity index (χ1v) is 13.4. The molecule has 5 rings (SSSR count). The van der Waals surface area contributed by atoms with Crippen LogP contribution in [0.1, 0.15) is 65.7 Å². The first-order chi connectivity index (χ1) is 17.8. The number of fused-ring (bicyclic) bond motifs is 5. The lowest BCUT2D eigenvalue weighted by Crippen LogP contribution is -2.71. The lowest BCUT2D eigenvalue weighted by Gasteiger charge is -2.62. The molecule has 4 fully saturated rings. The minimum atomic E-state index is -2.37. The van der Waals surface area contributed by atoms with Gasteiger partial charge in [0.25, 0.3) is 0 Å². The maximum absolute atomic E-state index is 17.4. The van der Waals surface area contributed by atoms with Gasteiger partial charge < -0.3 is 19.3 Å². The van der Waals surface area contributed by atoms with Crippen LogP contribution in [0.4, 0.5) is 18.0 Å². The zero-order valence-corrected chi connectivity index (χ0v) is 21.9. The van der Waals surface area contributed by atoms with Gasteiger partial charge in [0.1, 0.15) is 12.3 Å². The fourth-order valence-corrected chi connectivity index (χ4v) is 8.67. The van der Waals surface area contributed by atoms with Crippen molar-refractivity contribution in [3.05, 3.63) is 23.8 Å². The van der Waals surface area contributed by atoms with Crippen LogP contribution in [0.2, 0.25) is 0 Å². The van der Waals surface area contributed by atoms with Crippen LogP contribution in [0.25, 0.3) is 0 Å². The predicted molar refractivity (Wildman–Crippen MR) is 128 cm³/mol. The molecule has 7 nitrogen and oxygen atoms in total. The Kier molecular flexibility index (Phi) is 6.52. The number of hydrogen-bond acceptors (Lipinski definition) is 7. The third kappa shape index (κ3) is 3.47. The topological polar surface area (TPSA) is 99.1 Å². The molecule has 0 radical (unpaired) electrons. The molecule has 0 aromatic carbocycles. The zero-order chi connectivity index (χ0) is 27.7. The molecule has 0 unspecified atom stereocenters. The smallest absolute Gasteiger partial charge is 0.431 e. The van der Waals surface area contributed by atoms with E-state index in [1.807, 2.05) is 0 Å². The number of aliphatic hydroxyl groups excluding tert-OH is 1. The van der Waals surface area contributed by atoms with Gasteiger partial charge in [-0.15, -0.1) is 0 Å². The third-order valence-electron chi connectivity index (χ3n) is 10.5. The molecule has 5 aliphatic rings. The average molecular weight is 541 g/mol. The summed E-state index contributed by atoms with van der Waals surface area (Å²) in [5.41, 5.74) is -7.48. The first-order valence-electron chi connectivity index (χ1n) is 13.4. The van der Waals surface area contributed by atoms with E-state index in [1.54, 1.807) is 13.8 Å². The van der Waals surface area contributed by atoms with E-state index in [9.17, 15) is 23.9 Å². The average Bonchev–Trinajstić information content (AvgIpc) is 3.43. The summed E-state index contributed by atoms with van der Waals surface area (Å²) < 4.78 is 62.4. The van der Waals surface area contributed by atoms with Gasteiger partial charge in [0, 0.05) is 22.7 Å². The summed E-state index contributed by atoms with van der Waals surface area (Å²) in [6, 6.07) is 0. The van der Waals surface area contributed by atoms with E-state index in [0.717, 1.165) is 18.9 Å². The highest BCUT2D eigenvalue weighted by Gasteiger charge is 2.79. The van der Waals surface area contributed by atoms with Gasteiger partial charge in [-0.3, -0.25) is 4.79 Å². The molecule has 0 amide bonds. The molecule has 0 heterocycles. The summed E-state index contributed by atoms with van der Waals surface area (Å²) >= 11 is 0. The summed E-state index contributed by atoms with van der Waals surface area (Å²) in [5.74, 6) is -4.19.